The number of aliphatic hydroxyl groups is 1. The Kier molecular flexibility index (Phi) is 4.16. The number of aliphatic hydroxyl groups excluding tert-OH is 1. The number of hydrogen-bond acceptors (Lipinski definition) is 3. The summed E-state index contributed by atoms with van der Waals surface area (Å²) in [7, 11) is -3.29. The van der Waals surface area contributed by atoms with Gasteiger partial charge >= 0.3 is 0 Å². The number of rotatable bonds is 4. The fourth-order valence-corrected chi connectivity index (χ4v) is 4.13. The minimum absolute atomic E-state index is 0.162. The largest absolute Gasteiger partial charge is 0.388 e. The quantitative estimate of drug-likeness (QED) is 0.922. The van der Waals surface area contributed by atoms with Gasteiger partial charge in [-0.25, -0.2) is 8.42 Å². The third kappa shape index (κ3) is 3.09. The Morgan fingerprint density at radius 2 is 2.05 bits per heavy atom. The molecule has 0 bridgehead atoms. The van der Waals surface area contributed by atoms with Crippen molar-refractivity contribution < 1.29 is 13.5 Å². The second-order valence-electron chi connectivity index (χ2n) is 5.43. The molecular formula is C14H21NO3S. The van der Waals surface area contributed by atoms with Crippen molar-refractivity contribution in [2.24, 2.45) is 5.92 Å². The Bertz CT molecular complexity index is 539. The number of anilines is 1. The third-order valence-electron chi connectivity index (χ3n) is 3.46. The highest BCUT2D eigenvalue weighted by molar-refractivity contribution is 7.92. The number of fused-ring (bicyclic) bond motifs is 1. The van der Waals surface area contributed by atoms with Crippen LogP contribution in [0.5, 0.6) is 0 Å². The molecule has 1 aromatic rings. The van der Waals surface area contributed by atoms with Crippen LogP contribution < -0.4 is 4.31 Å². The van der Waals surface area contributed by atoms with Gasteiger partial charge < -0.3 is 5.11 Å². The minimum Gasteiger partial charge on any atom is -0.388 e. The fraction of sp³-hybridized carbons (Fsp3) is 0.571. The fourth-order valence-electron chi connectivity index (χ4n) is 2.30. The first-order valence-corrected chi connectivity index (χ1v) is 8.30. The molecule has 0 saturated heterocycles. The molecule has 0 aromatic heterocycles. The van der Waals surface area contributed by atoms with E-state index in [-0.39, 0.29) is 5.75 Å². The van der Waals surface area contributed by atoms with Gasteiger partial charge in [-0.1, -0.05) is 32.0 Å². The molecule has 0 spiro atoms. The summed E-state index contributed by atoms with van der Waals surface area (Å²) in [6.45, 7) is 4.39. The van der Waals surface area contributed by atoms with Crippen molar-refractivity contribution in [2.75, 3.05) is 16.6 Å². The topological polar surface area (TPSA) is 57.6 Å². The first kappa shape index (κ1) is 14.3. The second kappa shape index (κ2) is 5.51. The molecule has 0 amide bonds. The lowest BCUT2D eigenvalue weighted by Gasteiger charge is -2.33. The highest BCUT2D eigenvalue weighted by atomic mass is 32.2. The first-order chi connectivity index (χ1) is 8.92. The van der Waals surface area contributed by atoms with Crippen LogP contribution in [-0.4, -0.2) is 25.8 Å². The van der Waals surface area contributed by atoms with Crippen molar-refractivity contribution in [3.8, 4) is 0 Å². The van der Waals surface area contributed by atoms with Crippen LogP contribution in [0, 0.1) is 5.92 Å². The molecule has 106 valence electrons. The molecule has 1 aliphatic rings. The Hall–Kier alpha value is -1.07. The van der Waals surface area contributed by atoms with E-state index in [1.807, 2.05) is 26.0 Å². The maximum Gasteiger partial charge on any atom is 0.235 e. The molecule has 1 aromatic carbocycles. The minimum atomic E-state index is -3.29. The van der Waals surface area contributed by atoms with Gasteiger partial charge in [0.1, 0.15) is 0 Å². The molecular weight excluding hydrogens is 262 g/mol. The van der Waals surface area contributed by atoms with Gasteiger partial charge in [-0.3, -0.25) is 4.31 Å². The van der Waals surface area contributed by atoms with Gasteiger partial charge in [0.2, 0.25) is 10.0 Å². The molecule has 5 heteroatoms. The van der Waals surface area contributed by atoms with Crippen LogP contribution in [-0.2, 0) is 10.0 Å². The van der Waals surface area contributed by atoms with Crippen molar-refractivity contribution in [3.05, 3.63) is 29.8 Å². The van der Waals surface area contributed by atoms with Gasteiger partial charge in [0.05, 0.1) is 17.5 Å². The molecule has 1 unspecified atom stereocenters. The van der Waals surface area contributed by atoms with E-state index in [1.165, 1.54) is 4.31 Å². The predicted molar refractivity (Wildman–Crippen MR) is 76.6 cm³/mol. The summed E-state index contributed by atoms with van der Waals surface area (Å²) < 4.78 is 26.3. The molecule has 0 saturated carbocycles. The van der Waals surface area contributed by atoms with Crippen LogP contribution in [0.25, 0.3) is 0 Å². The standard InChI is InChI=1S/C14H21NO3S/c1-11(2)8-10-19(17,18)15-9-7-14(16)12-5-3-4-6-13(12)15/h3-6,11,14,16H,7-10H2,1-2H3. The van der Waals surface area contributed by atoms with E-state index in [1.54, 1.807) is 12.1 Å². The van der Waals surface area contributed by atoms with Crippen molar-refractivity contribution >= 4 is 15.7 Å². The summed E-state index contributed by atoms with van der Waals surface area (Å²) in [5.74, 6) is 0.523. The maximum atomic E-state index is 12.4. The third-order valence-corrected chi connectivity index (χ3v) is 5.26. The molecule has 1 atom stereocenters. The average Bonchev–Trinajstić information content (AvgIpc) is 2.37. The van der Waals surface area contributed by atoms with Gasteiger partial charge in [0, 0.05) is 12.1 Å². The molecule has 1 N–H and O–H groups in total. The lowest BCUT2D eigenvalue weighted by Crippen LogP contribution is -2.38. The normalized spacial score (nSPS) is 19.6. The number of sulfonamides is 1. The SMILES string of the molecule is CC(C)CCS(=O)(=O)N1CCC(O)c2ccccc21. The van der Waals surface area contributed by atoms with E-state index in [4.69, 9.17) is 0 Å². The molecule has 1 aliphatic heterocycles. The number of hydrogen-bond donors (Lipinski definition) is 1. The van der Waals surface area contributed by atoms with E-state index in [0.717, 1.165) is 0 Å². The lowest BCUT2D eigenvalue weighted by atomic mass is 10.0. The molecule has 1 heterocycles. The lowest BCUT2D eigenvalue weighted by molar-refractivity contribution is 0.166. The van der Waals surface area contributed by atoms with Crippen LogP contribution >= 0.6 is 0 Å². The van der Waals surface area contributed by atoms with E-state index < -0.39 is 16.1 Å². The summed E-state index contributed by atoms with van der Waals surface area (Å²) in [6, 6.07) is 7.20. The monoisotopic (exact) mass is 283 g/mol. The molecule has 0 radical (unpaired) electrons. The van der Waals surface area contributed by atoms with Crippen LogP contribution in [0.4, 0.5) is 5.69 Å². The summed E-state index contributed by atoms with van der Waals surface area (Å²) in [4.78, 5) is 0. The molecule has 19 heavy (non-hydrogen) atoms. The highest BCUT2D eigenvalue weighted by Crippen LogP contribution is 2.35. The Labute approximate surface area is 115 Å². The zero-order chi connectivity index (χ0) is 14.0. The zero-order valence-corrected chi connectivity index (χ0v) is 12.2. The average molecular weight is 283 g/mol. The van der Waals surface area contributed by atoms with Gasteiger partial charge in [0.15, 0.2) is 0 Å². The van der Waals surface area contributed by atoms with Crippen molar-refractivity contribution in [1.29, 1.82) is 0 Å². The predicted octanol–water partition coefficient (Wildman–Crippen LogP) is 2.31. The van der Waals surface area contributed by atoms with Gasteiger partial charge in [-0.15, -0.1) is 0 Å². The first-order valence-electron chi connectivity index (χ1n) is 6.69. The summed E-state index contributed by atoms with van der Waals surface area (Å²) in [5, 5.41) is 9.94. The Morgan fingerprint density at radius 1 is 1.37 bits per heavy atom. The number of benzene rings is 1. The molecule has 2 rings (SSSR count). The maximum absolute atomic E-state index is 12.4. The summed E-state index contributed by atoms with van der Waals surface area (Å²) in [6.07, 6.45) is 0.550. The van der Waals surface area contributed by atoms with Crippen molar-refractivity contribution in [3.63, 3.8) is 0 Å². The van der Waals surface area contributed by atoms with E-state index in [9.17, 15) is 13.5 Å². The highest BCUT2D eigenvalue weighted by Gasteiger charge is 2.30. The smallest absolute Gasteiger partial charge is 0.235 e. The molecule has 0 fully saturated rings. The van der Waals surface area contributed by atoms with Crippen molar-refractivity contribution in [1.82, 2.24) is 0 Å². The number of nitrogens with zero attached hydrogens (tertiary/aromatic N) is 1. The van der Waals surface area contributed by atoms with Gasteiger partial charge in [0.25, 0.3) is 0 Å². The second-order valence-corrected chi connectivity index (χ2v) is 7.45. The summed E-state index contributed by atoms with van der Waals surface area (Å²) in [5.41, 5.74) is 1.34. The van der Waals surface area contributed by atoms with Crippen molar-refractivity contribution in [2.45, 2.75) is 32.8 Å². The zero-order valence-electron chi connectivity index (χ0n) is 11.4. The Morgan fingerprint density at radius 3 is 2.74 bits per heavy atom. The van der Waals surface area contributed by atoms with Crippen LogP contribution in [0.2, 0.25) is 0 Å². The van der Waals surface area contributed by atoms with Gasteiger partial charge in [-0.2, -0.15) is 0 Å². The molecule has 0 aliphatic carbocycles. The summed E-state index contributed by atoms with van der Waals surface area (Å²) >= 11 is 0. The van der Waals surface area contributed by atoms with E-state index in [2.05, 4.69) is 0 Å². The number of para-hydroxylation sites is 1. The molecule has 4 nitrogen and oxygen atoms in total. The van der Waals surface area contributed by atoms with E-state index in [0.29, 0.717) is 36.6 Å². The van der Waals surface area contributed by atoms with E-state index >= 15 is 0 Å². The van der Waals surface area contributed by atoms with Crippen LogP contribution in [0.3, 0.4) is 0 Å². The van der Waals surface area contributed by atoms with Crippen LogP contribution in [0.1, 0.15) is 38.4 Å². The van der Waals surface area contributed by atoms with Gasteiger partial charge in [-0.05, 0) is 24.8 Å². The Balaban J connectivity index is 2.29. The van der Waals surface area contributed by atoms with Crippen LogP contribution in [0.15, 0.2) is 24.3 Å².